The second kappa shape index (κ2) is 7.11. The molecule has 2 aromatic heterocycles. The Kier molecular flexibility index (Phi) is 4.90. The first-order chi connectivity index (χ1) is 12.0. The van der Waals surface area contributed by atoms with Crippen LogP contribution >= 0.6 is 11.3 Å². The molecule has 0 aliphatic heterocycles. The highest BCUT2D eigenvalue weighted by Crippen LogP contribution is 2.30. The number of hydrogen-bond acceptors (Lipinski definition) is 6. The molecule has 0 unspecified atom stereocenters. The summed E-state index contributed by atoms with van der Waals surface area (Å²) in [5.41, 5.74) is 1.82. The summed E-state index contributed by atoms with van der Waals surface area (Å²) >= 11 is 1.54. The Bertz CT molecular complexity index is 861. The molecule has 5 nitrogen and oxygen atoms in total. The molecule has 0 atom stereocenters. The molecule has 1 N–H and O–H groups in total. The highest BCUT2D eigenvalue weighted by atomic mass is 32.1. The lowest BCUT2D eigenvalue weighted by molar-refractivity contribution is 0.403. The van der Waals surface area contributed by atoms with Crippen LogP contribution in [0.5, 0.6) is 5.75 Å². The SMILES string of the molecule is COc1ccc(/C=C/c2ncc(C(C)(C)C)o2)cc1Nc1nccs1. The van der Waals surface area contributed by atoms with E-state index < -0.39 is 0 Å². The fraction of sp³-hybridized carbons (Fsp3) is 0.263. The first kappa shape index (κ1) is 17.2. The standard InChI is InChI=1S/C19H21N3O2S/c1-19(2,3)16-12-21-17(24-16)8-6-13-5-7-15(23-4)14(11-13)22-18-20-9-10-25-18/h5-12H,1-4H3,(H,20,22)/b8-6+. The van der Waals surface area contributed by atoms with Crippen molar-refractivity contribution in [3.05, 3.63) is 53.2 Å². The van der Waals surface area contributed by atoms with Gasteiger partial charge < -0.3 is 14.5 Å². The Morgan fingerprint density at radius 2 is 2.04 bits per heavy atom. The molecule has 130 valence electrons. The monoisotopic (exact) mass is 355 g/mol. The molecule has 0 spiro atoms. The largest absolute Gasteiger partial charge is 0.495 e. The minimum absolute atomic E-state index is 0.0516. The van der Waals surface area contributed by atoms with E-state index in [1.54, 1.807) is 19.5 Å². The average Bonchev–Trinajstić information content (AvgIpc) is 3.24. The van der Waals surface area contributed by atoms with Crippen molar-refractivity contribution in [2.75, 3.05) is 12.4 Å². The van der Waals surface area contributed by atoms with Gasteiger partial charge in [-0.1, -0.05) is 26.8 Å². The molecule has 0 aliphatic rings. The first-order valence-corrected chi connectivity index (χ1v) is 8.82. The van der Waals surface area contributed by atoms with Crippen molar-refractivity contribution in [3.8, 4) is 5.75 Å². The van der Waals surface area contributed by atoms with Gasteiger partial charge in [0.15, 0.2) is 5.13 Å². The Balaban J connectivity index is 1.81. The van der Waals surface area contributed by atoms with Gasteiger partial charge in [-0.15, -0.1) is 11.3 Å². The lowest BCUT2D eigenvalue weighted by Gasteiger charge is -2.12. The number of nitrogens with zero attached hydrogens (tertiary/aromatic N) is 2. The number of oxazole rings is 1. The van der Waals surface area contributed by atoms with Crippen molar-refractivity contribution in [2.45, 2.75) is 26.2 Å². The van der Waals surface area contributed by atoms with Crippen molar-refractivity contribution in [1.29, 1.82) is 0 Å². The van der Waals surface area contributed by atoms with E-state index in [0.717, 1.165) is 27.9 Å². The normalized spacial score (nSPS) is 11.8. The van der Waals surface area contributed by atoms with Crippen LogP contribution in [-0.4, -0.2) is 17.1 Å². The lowest BCUT2D eigenvalue weighted by atomic mass is 9.94. The fourth-order valence-corrected chi connectivity index (χ4v) is 2.75. The van der Waals surface area contributed by atoms with Crippen LogP contribution in [0.4, 0.5) is 10.8 Å². The quantitative estimate of drug-likeness (QED) is 0.668. The summed E-state index contributed by atoms with van der Waals surface area (Å²) in [7, 11) is 1.65. The van der Waals surface area contributed by atoms with E-state index in [0.29, 0.717) is 5.89 Å². The van der Waals surface area contributed by atoms with Crippen LogP contribution in [0.1, 0.15) is 38.0 Å². The Morgan fingerprint density at radius 3 is 2.68 bits per heavy atom. The van der Waals surface area contributed by atoms with E-state index in [1.165, 1.54) is 11.3 Å². The second-order valence-corrected chi connectivity index (χ2v) is 7.46. The van der Waals surface area contributed by atoms with Gasteiger partial charge in [-0.2, -0.15) is 0 Å². The number of aromatic nitrogens is 2. The topological polar surface area (TPSA) is 60.2 Å². The van der Waals surface area contributed by atoms with Gasteiger partial charge in [-0.25, -0.2) is 9.97 Å². The summed E-state index contributed by atoms with van der Waals surface area (Å²) < 4.78 is 11.2. The van der Waals surface area contributed by atoms with Crippen LogP contribution in [0.3, 0.4) is 0 Å². The molecular formula is C19H21N3O2S. The number of ether oxygens (including phenoxy) is 1. The zero-order valence-corrected chi connectivity index (χ0v) is 15.6. The van der Waals surface area contributed by atoms with E-state index in [2.05, 4.69) is 36.1 Å². The van der Waals surface area contributed by atoms with E-state index in [1.807, 2.05) is 35.7 Å². The molecule has 0 aliphatic carbocycles. The third kappa shape index (κ3) is 4.28. The van der Waals surface area contributed by atoms with Crippen LogP contribution in [-0.2, 0) is 5.41 Å². The number of anilines is 2. The number of thiazole rings is 1. The number of methoxy groups -OCH3 is 1. The first-order valence-electron chi connectivity index (χ1n) is 7.94. The van der Waals surface area contributed by atoms with Crippen LogP contribution in [0.25, 0.3) is 12.2 Å². The Hall–Kier alpha value is -2.60. The predicted molar refractivity (Wildman–Crippen MR) is 103 cm³/mol. The minimum Gasteiger partial charge on any atom is -0.495 e. The van der Waals surface area contributed by atoms with Crippen LogP contribution in [0, 0.1) is 0 Å². The zero-order valence-electron chi connectivity index (χ0n) is 14.7. The highest BCUT2D eigenvalue weighted by Gasteiger charge is 2.18. The van der Waals surface area contributed by atoms with Gasteiger partial charge in [0.05, 0.1) is 19.0 Å². The van der Waals surface area contributed by atoms with Crippen molar-refractivity contribution in [1.82, 2.24) is 9.97 Å². The molecule has 3 rings (SSSR count). The van der Waals surface area contributed by atoms with Crippen LogP contribution < -0.4 is 10.1 Å². The number of rotatable bonds is 5. The summed E-state index contributed by atoms with van der Waals surface area (Å²) in [5, 5.41) is 6.02. The summed E-state index contributed by atoms with van der Waals surface area (Å²) in [6.45, 7) is 6.29. The van der Waals surface area contributed by atoms with Gasteiger partial charge in [0.25, 0.3) is 0 Å². The fourth-order valence-electron chi connectivity index (χ4n) is 2.21. The highest BCUT2D eigenvalue weighted by molar-refractivity contribution is 7.13. The summed E-state index contributed by atoms with van der Waals surface area (Å²) in [4.78, 5) is 8.56. The maximum Gasteiger partial charge on any atom is 0.218 e. The van der Waals surface area contributed by atoms with Gasteiger partial charge >= 0.3 is 0 Å². The number of nitrogens with one attached hydrogen (secondary N) is 1. The number of benzene rings is 1. The van der Waals surface area contributed by atoms with Gasteiger partial charge in [0.2, 0.25) is 5.89 Å². The summed E-state index contributed by atoms with van der Waals surface area (Å²) in [6.07, 6.45) is 7.37. The molecule has 0 radical (unpaired) electrons. The van der Waals surface area contributed by atoms with Crippen molar-refractivity contribution < 1.29 is 9.15 Å². The molecule has 2 heterocycles. The van der Waals surface area contributed by atoms with Gasteiger partial charge in [0, 0.05) is 23.1 Å². The molecule has 0 fully saturated rings. The maximum atomic E-state index is 5.78. The van der Waals surface area contributed by atoms with E-state index >= 15 is 0 Å². The summed E-state index contributed by atoms with van der Waals surface area (Å²) in [6, 6.07) is 5.91. The molecule has 3 aromatic rings. The van der Waals surface area contributed by atoms with Crippen LogP contribution in [0.15, 0.2) is 40.4 Å². The molecule has 25 heavy (non-hydrogen) atoms. The second-order valence-electron chi connectivity index (χ2n) is 6.57. The molecule has 6 heteroatoms. The molecule has 0 amide bonds. The van der Waals surface area contributed by atoms with E-state index in [9.17, 15) is 0 Å². The number of hydrogen-bond donors (Lipinski definition) is 1. The molecule has 0 saturated heterocycles. The van der Waals surface area contributed by atoms with E-state index in [4.69, 9.17) is 9.15 Å². The molecular weight excluding hydrogens is 334 g/mol. The van der Waals surface area contributed by atoms with E-state index in [-0.39, 0.29) is 5.41 Å². The minimum atomic E-state index is -0.0516. The molecule has 1 aromatic carbocycles. The van der Waals surface area contributed by atoms with Gasteiger partial charge in [-0.05, 0) is 23.8 Å². The maximum absolute atomic E-state index is 5.78. The molecule has 0 bridgehead atoms. The molecule has 0 saturated carbocycles. The van der Waals surface area contributed by atoms with Crippen molar-refractivity contribution in [2.24, 2.45) is 0 Å². The average molecular weight is 355 g/mol. The lowest BCUT2D eigenvalue weighted by Crippen LogP contribution is -2.09. The van der Waals surface area contributed by atoms with Crippen molar-refractivity contribution in [3.63, 3.8) is 0 Å². The third-order valence-electron chi connectivity index (χ3n) is 3.58. The van der Waals surface area contributed by atoms with Crippen LogP contribution in [0.2, 0.25) is 0 Å². The van der Waals surface area contributed by atoms with Crippen molar-refractivity contribution >= 4 is 34.3 Å². The third-order valence-corrected chi connectivity index (χ3v) is 4.27. The van der Waals surface area contributed by atoms with Gasteiger partial charge in [0.1, 0.15) is 11.5 Å². The smallest absolute Gasteiger partial charge is 0.218 e. The zero-order chi connectivity index (χ0) is 17.9. The predicted octanol–water partition coefficient (Wildman–Crippen LogP) is 5.35. The Labute approximate surface area is 151 Å². The van der Waals surface area contributed by atoms with Gasteiger partial charge in [-0.3, -0.25) is 0 Å². The Morgan fingerprint density at radius 1 is 1.20 bits per heavy atom. The summed E-state index contributed by atoms with van der Waals surface area (Å²) in [5.74, 6) is 2.22.